The highest BCUT2D eigenvalue weighted by atomic mass is 16.6. The van der Waals surface area contributed by atoms with Gasteiger partial charge in [0.2, 0.25) is 0 Å². The smallest absolute Gasteiger partial charge is 0.166 e. The second-order valence-electron chi connectivity index (χ2n) is 6.67. The van der Waals surface area contributed by atoms with E-state index in [-0.39, 0.29) is 0 Å². The summed E-state index contributed by atoms with van der Waals surface area (Å²) in [5, 5.41) is 3.54. The Labute approximate surface area is 128 Å². The molecule has 1 aromatic carbocycles. The Morgan fingerprint density at radius 2 is 1.90 bits per heavy atom. The van der Waals surface area contributed by atoms with E-state index in [4.69, 9.17) is 9.47 Å². The van der Waals surface area contributed by atoms with Crippen molar-refractivity contribution in [3.05, 3.63) is 23.8 Å². The Kier molecular flexibility index (Phi) is 4.39. The highest BCUT2D eigenvalue weighted by Crippen LogP contribution is 2.44. The van der Waals surface area contributed by atoms with Crippen molar-refractivity contribution in [1.29, 1.82) is 0 Å². The predicted octanol–water partition coefficient (Wildman–Crippen LogP) is 3.79. The minimum atomic E-state index is 0.358. The number of rotatable bonds is 3. The molecular weight excluding hydrogens is 262 g/mol. The van der Waals surface area contributed by atoms with Crippen LogP contribution in [0.4, 0.5) is 0 Å². The van der Waals surface area contributed by atoms with Crippen molar-refractivity contribution in [2.45, 2.75) is 39.2 Å². The first-order chi connectivity index (χ1) is 10.2. The summed E-state index contributed by atoms with van der Waals surface area (Å²) in [4.78, 5) is 0. The summed E-state index contributed by atoms with van der Waals surface area (Å²) in [5.41, 5.74) is 1.27. The molecule has 0 radical (unpaired) electrons. The number of para-hydroxylation sites is 1. The zero-order valence-electron chi connectivity index (χ0n) is 13.4. The largest absolute Gasteiger partial charge is 0.486 e. The third-order valence-corrected chi connectivity index (χ3v) is 5.35. The van der Waals surface area contributed by atoms with Crippen molar-refractivity contribution in [2.75, 3.05) is 20.3 Å². The van der Waals surface area contributed by atoms with Gasteiger partial charge in [-0.1, -0.05) is 32.4 Å². The molecule has 1 saturated carbocycles. The van der Waals surface area contributed by atoms with Gasteiger partial charge < -0.3 is 14.8 Å². The van der Waals surface area contributed by atoms with Crippen molar-refractivity contribution in [2.24, 2.45) is 17.8 Å². The molecule has 0 aromatic heterocycles. The van der Waals surface area contributed by atoms with Crippen LogP contribution in [0, 0.1) is 17.8 Å². The fourth-order valence-corrected chi connectivity index (χ4v) is 3.88. The molecule has 1 aromatic rings. The van der Waals surface area contributed by atoms with E-state index >= 15 is 0 Å². The molecule has 1 N–H and O–H groups in total. The van der Waals surface area contributed by atoms with Gasteiger partial charge in [-0.05, 0) is 43.7 Å². The lowest BCUT2D eigenvalue weighted by Gasteiger charge is -2.37. The summed E-state index contributed by atoms with van der Waals surface area (Å²) in [6.07, 6.45) is 3.91. The minimum Gasteiger partial charge on any atom is -0.486 e. The number of hydrogen-bond acceptors (Lipinski definition) is 3. The van der Waals surface area contributed by atoms with Crippen LogP contribution in [0.25, 0.3) is 0 Å². The van der Waals surface area contributed by atoms with Crippen LogP contribution in [-0.4, -0.2) is 20.3 Å². The van der Waals surface area contributed by atoms with Crippen LogP contribution in [0.2, 0.25) is 0 Å². The molecule has 1 heterocycles. The Balaban J connectivity index is 1.87. The summed E-state index contributed by atoms with van der Waals surface area (Å²) in [5.74, 6) is 4.18. The van der Waals surface area contributed by atoms with E-state index in [1.807, 2.05) is 6.07 Å². The third kappa shape index (κ3) is 2.89. The van der Waals surface area contributed by atoms with Crippen LogP contribution in [-0.2, 0) is 0 Å². The lowest BCUT2D eigenvalue weighted by molar-refractivity contribution is 0.155. The summed E-state index contributed by atoms with van der Waals surface area (Å²) in [6, 6.07) is 6.65. The third-order valence-electron chi connectivity index (χ3n) is 5.35. The lowest BCUT2D eigenvalue weighted by Crippen LogP contribution is -2.32. The van der Waals surface area contributed by atoms with Crippen LogP contribution in [0.5, 0.6) is 11.5 Å². The normalized spacial score (nSPS) is 30.0. The molecule has 3 nitrogen and oxygen atoms in total. The van der Waals surface area contributed by atoms with Crippen LogP contribution >= 0.6 is 0 Å². The van der Waals surface area contributed by atoms with Gasteiger partial charge in [0.05, 0.1) is 0 Å². The first-order valence-corrected chi connectivity index (χ1v) is 8.26. The molecule has 4 unspecified atom stereocenters. The molecule has 1 fully saturated rings. The van der Waals surface area contributed by atoms with Gasteiger partial charge in [0.1, 0.15) is 13.2 Å². The van der Waals surface area contributed by atoms with Gasteiger partial charge in [-0.25, -0.2) is 0 Å². The van der Waals surface area contributed by atoms with E-state index in [0.717, 1.165) is 23.3 Å². The fraction of sp³-hybridized carbons (Fsp3) is 0.667. The summed E-state index contributed by atoms with van der Waals surface area (Å²) >= 11 is 0. The van der Waals surface area contributed by atoms with Crippen molar-refractivity contribution in [3.63, 3.8) is 0 Å². The Bertz CT molecular complexity index is 488. The number of benzene rings is 1. The van der Waals surface area contributed by atoms with Crippen molar-refractivity contribution >= 4 is 0 Å². The SMILES string of the molecule is CNC(c1cccc2c1OCCO2)C1CCC(C)C(C)C1. The first-order valence-electron chi connectivity index (χ1n) is 8.26. The van der Waals surface area contributed by atoms with Crippen LogP contribution in [0.3, 0.4) is 0 Å². The maximum absolute atomic E-state index is 5.91. The average Bonchev–Trinajstić information content (AvgIpc) is 2.52. The molecule has 3 rings (SSSR count). The van der Waals surface area contributed by atoms with E-state index in [0.29, 0.717) is 25.2 Å². The molecule has 3 heteroatoms. The average molecular weight is 289 g/mol. The maximum atomic E-state index is 5.91. The molecule has 0 spiro atoms. The van der Waals surface area contributed by atoms with Gasteiger partial charge in [0.15, 0.2) is 11.5 Å². The summed E-state index contributed by atoms with van der Waals surface area (Å²) in [6.45, 7) is 6.08. The van der Waals surface area contributed by atoms with Gasteiger partial charge in [-0.2, -0.15) is 0 Å². The van der Waals surface area contributed by atoms with Crippen molar-refractivity contribution in [1.82, 2.24) is 5.32 Å². The molecule has 0 amide bonds. The topological polar surface area (TPSA) is 30.5 Å². The van der Waals surface area contributed by atoms with Crippen LogP contribution in [0.15, 0.2) is 18.2 Å². The molecule has 0 bridgehead atoms. The predicted molar refractivity (Wildman–Crippen MR) is 84.9 cm³/mol. The highest BCUT2D eigenvalue weighted by molar-refractivity contribution is 5.49. The highest BCUT2D eigenvalue weighted by Gasteiger charge is 2.32. The van der Waals surface area contributed by atoms with Crippen LogP contribution < -0.4 is 14.8 Å². The van der Waals surface area contributed by atoms with Gasteiger partial charge >= 0.3 is 0 Å². The number of hydrogen-bond donors (Lipinski definition) is 1. The lowest BCUT2D eigenvalue weighted by atomic mass is 9.72. The second-order valence-corrected chi connectivity index (χ2v) is 6.67. The van der Waals surface area contributed by atoms with Crippen molar-refractivity contribution < 1.29 is 9.47 Å². The molecule has 0 saturated heterocycles. The molecule has 1 aliphatic carbocycles. The number of fused-ring (bicyclic) bond motifs is 1. The van der Waals surface area contributed by atoms with Crippen LogP contribution in [0.1, 0.15) is 44.7 Å². The van der Waals surface area contributed by atoms with E-state index in [2.05, 4.69) is 38.3 Å². The Morgan fingerprint density at radius 3 is 2.67 bits per heavy atom. The molecular formula is C18H27NO2. The van der Waals surface area contributed by atoms with Gasteiger partial charge in [-0.3, -0.25) is 0 Å². The van der Waals surface area contributed by atoms with Gasteiger partial charge in [0, 0.05) is 11.6 Å². The molecule has 4 atom stereocenters. The number of ether oxygens (including phenoxy) is 2. The van der Waals surface area contributed by atoms with Gasteiger partial charge in [-0.15, -0.1) is 0 Å². The maximum Gasteiger partial charge on any atom is 0.166 e. The molecule has 21 heavy (non-hydrogen) atoms. The first kappa shape index (κ1) is 14.7. The number of nitrogens with one attached hydrogen (secondary N) is 1. The standard InChI is InChI=1S/C18H27NO2/c1-12-7-8-14(11-13(12)2)17(19-3)15-5-4-6-16-18(15)21-10-9-20-16/h4-6,12-14,17,19H,7-11H2,1-3H3. The zero-order chi connectivity index (χ0) is 14.8. The van der Waals surface area contributed by atoms with Gasteiger partial charge in [0.25, 0.3) is 0 Å². The zero-order valence-corrected chi connectivity index (χ0v) is 13.4. The van der Waals surface area contributed by atoms with E-state index in [9.17, 15) is 0 Å². The summed E-state index contributed by atoms with van der Waals surface area (Å²) < 4.78 is 11.6. The summed E-state index contributed by atoms with van der Waals surface area (Å²) in [7, 11) is 2.07. The monoisotopic (exact) mass is 289 g/mol. The fourth-order valence-electron chi connectivity index (χ4n) is 3.88. The van der Waals surface area contributed by atoms with E-state index in [1.165, 1.54) is 24.8 Å². The minimum absolute atomic E-state index is 0.358. The Hall–Kier alpha value is -1.22. The molecule has 1 aliphatic heterocycles. The quantitative estimate of drug-likeness (QED) is 0.918. The Morgan fingerprint density at radius 1 is 1.10 bits per heavy atom. The second kappa shape index (κ2) is 6.27. The molecule has 116 valence electrons. The van der Waals surface area contributed by atoms with E-state index < -0.39 is 0 Å². The van der Waals surface area contributed by atoms with Crippen molar-refractivity contribution in [3.8, 4) is 11.5 Å². The van der Waals surface area contributed by atoms with E-state index in [1.54, 1.807) is 0 Å². The molecule has 2 aliphatic rings.